The molecule has 0 amide bonds. The van der Waals surface area contributed by atoms with Crippen LogP contribution >= 0.6 is 23.2 Å². The molecule has 0 saturated carbocycles. The van der Waals surface area contributed by atoms with Gasteiger partial charge in [0.2, 0.25) is 5.88 Å². The number of nitrogens with zero attached hydrogens (tertiary/aromatic N) is 1. The van der Waals surface area contributed by atoms with Crippen molar-refractivity contribution in [2.45, 2.75) is 6.92 Å². The molecule has 0 aliphatic heterocycles. The molecule has 0 bridgehead atoms. The first-order chi connectivity index (χ1) is 8.70. The Morgan fingerprint density at radius 1 is 1.17 bits per heavy atom. The Morgan fingerprint density at radius 2 is 1.89 bits per heavy atom. The highest BCUT2D eigenvalue weighted by molar-refractivity contribution is 6.36. The number of hydrogen-bond donors (Lipinski definition) is 1. The fourth-order valence-electron chi connectivity index (χ4n) is 1.41. The normalized spacial score (nSPS) is 10.2. The molecule has 1 aromatic carbocycles. The van der Waals surface area contributed by atoms with Gasteiger partial charge in [-0.05, 0) is 25.1 Å². The summed E-state index contributed by atoms with van der Waals surface area (Å²) in [4.78, 5) is 4.26. The van der Waals surface area contributed by atoms with Crippen molar-refractivity contribution < 1.29 is 4.74 Å². The Kier molecular flexibility index (Phi) is 4.28. The van der Waals surface area contributed by atoms with Gasteiger partial charge in [0, 0.05) is 6.54 Å². The summed E-state index contributed by atoms with van der Waals surface area (Å²) in [6, 6.07) is 11.0. The number of pyridine rings is 1. The van der Waals surface area contributed by atoms with Crippen LogP contribution in [0.25, 0.3) is 0 Å². The van der Waals surface area contributed by atoms with Gasteiger partial charge in [0.15, 0.2) is 0 Å². The van der Waals surface area contributed by atoms with Crippen molar-refractivity contribution in [3.05, 3.63) is 46.4 Å². The molecule has 0 atom stereocenters. The van der Waals surface area contributed by atoms with Gasteiger partial charge in [-0.25, -0.2) is 0 Å². The van der Waals surface area contributed by atoms with Crippen molar-refractivity contribution in [2.24, 2.45) is 0 Å². The maximum absolute atomic E-state index is 6.05. The molecular weight excluding hydrogens is 271 g/mol. The maximum Gasteiger partial charge on any atom is 0.240 e. The quantitative estimate of drug-likeness (QED) is 0.889. The van der Waals surface area contributed by atoms with Gasteiger partial charge in [-0.3, -0.25) is 0 Å². The van der Waals surface area contributed by atoms with Crippen molar-refractivity contribution in [2.75, 3.05) is 11.9 Å². The van der Waals surface area contributed by atoms with E-state index in [0.717, 1.165) is 6.54 Å². The molecule has 0 spiro atoms. The van der Waals surface area contributed by atoms with Crippen LogP contribution in [0.4, 0.5) is 5.82 Å². The molecule has 0 radical (unpaired) electrons. The summed E-state index contributed by atoms with van der Waals surface area (Å²) in [5.41, 5.74) is 0. The van der Waals surface area contributed by atoms with Crippen LogP contribution in [0, 0.1) is 0 Å². The lowest BCUT2D eigenvalue weighted by molar-refractivity contribution is 0.464. The smallest absolute Gasteiger partial charge is 0.240 e. The molecule has 0 saturated heterocycles. The van der Waals surface area contributed by atoms with Gasteiger partial charge in [0.05, 0.1) is 5.02 Å². The zero-order chi connectivity index (χ0) is 13.0. The summed E-state index contributed by atoms with van der Waals surface area (Å²) in [5.74, 6) is 1.58. The molecule has 5 heteroatoms. The zero-order valence-corrected chi connectivity index (χ0v) is 11.3. The van der Waals surface area contributed by atoms with E-state index in [0.29, 0.717) is 27.5 Å². The van der Waals surface area contributed by atoms with Gasteiger partial charge in [-0.1, -0.05) is 41.4 Å². The van der Waals surface area contributed by atoms with Crippen LogP contribution in [0.3, 0.4) is 0 Å². The van der Waals surface area contributed by atoms with Crippen LogP contribution in [0.1, 0.15) is 6.92 Å². The van der Waals surface area contributed by atoms with Gasteiger partial charge in [-0.2, -0.15) is 4.98 Å². The molecule has 18 heavy (non-hydrogen) atoms. The van der Waals surface area contributed by atoms with E-state index in [1.807, 2.05) is 37.3 Å². The average molecular weight is 283 g/mol. The van der Waals surface area contributed by atoms with E-state index in [2.05, 4.69) is 10.3 Å². The number of hydrogen-bond acceptors (Lipinski definition) is 3. The summed E-state index contributed by atoms with van der Waals surface area (Å²) >= 11 is 12.1. The summed E-state index contributed by atoms with van der Waals surface area (Å²) in [7, 11) is 0. The summed E-state index contributed by atoms with van der Waals surface area (Å²) in [6.45, 7) is 2.68. The number of halogens is 2. The number of ether oxygens (including phenoxy) is 1. The monoisotopic (exact) mass is 282 g/mol. The molecule has 2 rings (SSSR count). The molecule has 0 fully saturated rings. The molecule has 1 N–H and O–H groups in total. The molecule has 1 aromatic heterocycles. The van der Waals surface area contributed by atoms with E-state index >= 15 is 0 Å². The molecule has 0 unspecified atom stereocenters. The third-order valence-electron chi connectivity index (χ3n) is 2.20. The molecule has 0 aliphatic rings. The molecule has 0 aliphatic carbocycles. The Morgan fingerprint density at radius 3 is 2.56 bits per heavy atom. The van der Waals surface area contributed by atoms with E-state index in [9.17, 15) is 0 Å². The van der Waals surface area contributed by atoms with E-state index in [1.54, 1.807) is 6.07 Å². The maximum atomic E-state index is 6.05. The Hall–Kier alpha value is -1.45. The van der Waals surface area contributed by atoms with Crippen LogP contribution in [0.5, 0.6) is 11.6 Å². The summed E-state index contributed by atoms with van der Waals surface area (Å²) < 4.78 is 5.61. The van der Waals surface area contributed by atoms with Crippen molar-refractivity contribution in [1.29, 1.82) is 0 Å². The third-order valence-corrected chi connectivity index (χ3v) is 2.76. The topological polar surface area (TPSA) is 34.2 Å². The minimum Gasteiger partial charge on any atom is -0.437 e. The molecular formula is C13H12Cl2N2O. The highest BCUT2D eigenvalue weighted by Crippen LogP contribution is 2.33. The first-order valence-corrected chi connectivity index (χ1v) is 6.29. The third kappa shape index (κ3) is 3.06. The van der Waals surface area contributed by atoms with E-state index in [4.69, 9.17) is 27.9 Å². The molecule has 2 aromatic rings. The second kappa shape index (κ2) is 5.94. The first kappa shape index (κ1) is 13.0. The van der Waals surface area contributed by atoms with Crippen LogP contribution < -0.4 is 10.1 Å². The predicted octanol–water partition coefficient (Wildman–Crippen LogP) is 4.61. The number of aromatic nitrogens is 1. The summed E-state index contributed by atoms with van der Waals surface area (Å²) in [5, 5.41) is 3.90. The van der Waals surface area contributed by atoms with Gasteiger partial charge >= 0.3 is 0 Å². The Labute approximate surface area is 116 Å². The van der Waals surface area contributed by atoms with Crippen LogP contribution in [-0.4, -0.2) is 11.5 Å². The fraction of sp³-hybridized carbons (Fsp3) is 0.154. The number of para-hydroxylation sites is 1. The lowest BCUT2D eigenvalue weighted by atomic mass is 10.3. The lowest BCUT2D eigenvalue weighted by Crippen LogP contribution is -2.01. The van der Waals surface area contributed by atoms with Crippen molar-refractivity contribution in [3.8, 4) is 11.6 Å². The van der Waals surface area contributed by atoms with Crippen molar-refractivity contribution >= 4 is 29.0 Å². The number of anilines is 1. The zero-order valence-electron chi connectivity index (χ0n) is 9.78. The van der Waals surface area contributed by atoms with Gasteiger partial charge in [0.25, 0.3) is 0 Å². The van der Waals surface area contributed by atoms with Gasteiger partial charge in [-0.15, -0.1) is 0 Å². The number of rotatable bonds is 4. The highest BCUT2D eigenvalue weighted by Gasteiger charge is 2.10. The fourth-order valence-corrected chi connectivity index (χ4v) is 1.88. The molecule has 1 heterocycles. The first-order valence-electron chi connectivity index (χ1n) is 5.53. The standard InChI is InChI=1S/C13H12Cl2N2O/c1-2-16-12-10(14)8-11(15)13(17-12)18-9-6-4-3-5-7-9/h3-8H,2H2,1H3,(H,16,17). The number of benzene rings is 1. The van der Waals surface area contributed by atoms with Crippen molar-refractivity contribution in [1.82, 2.24) is 4.98 Å². The lowest BCUT2D eigenvalue weighted by Gasteiger charge is -2.10. The van der Waals surface area contributed by atoms with E-state index in [1.165, 1.54) is 0 Å². The predicted molar refractivity (Wildman–Crippen MR) is 74.9 cm³/mol. The van der Waals surface area contributed by atoms with Crippen LogP contribution in [0.2, 0.25) is 10.0 Å². The van der Waals surface area contributed by atoms with Gasteiger partial charge < -0.3 is 10.1 Å². The van der Waals surface area contributed by atoms with Gasteiger partial charge in [0.1, 0.15) is 16.6 Å². The average Bonchev–Trinajstić information content (AvgIpc) is 2.37. The Balaban J connectivity index is 2.30. The summed E-state index contributed by atoms with van der Waals surface area (Å²) in [6.07, 6.45) is 0. The van der Waals surface area contributed by atoms with Crippen LogP contribution in [0.15, 0.2) is 36.4 Å². The molecule has 3 nitrogen and oxygen atoms in total. The second-order valence-corrected chi connectivity index (χ2v) is 4.37. The number of nitrogens with one attached hydrogen (secondary N) is 1. The minimum atomic E-state index is 0.336. The highest BCUT2D eigenvalue weighted by atomic mass is 35.5. The van der Waals surface area contributed by atoms with Crippen LogP contribution in [-0.2, 0) is 0 Å². The van der Waals surface area contributed by atoms with E-state index < -0.39 is 0 Å². The SMILES string of the molecule is CCNc1nc(Oc2ccccc2)c(Cl)cc1Cl. The molecule has 94 valence electrons. The second-order valence-electron chi connectivity index (χ2n) is 3.55. The van der Waals surface area contributed by atoms with Crippen molar-refractivity contribution in [3.63, 3.8) is 0 Å². The minimum absolute atomic E-state index is 0.336. The van der Waals surface area contributed by atoms with E-state index in [-0.39, 0.29) is 0 Å². The largest absolute Gasteiger partial charge is 0.437 e. The Bertz CT molecular complexity index is 532.